The Morgan fingerprint density at radius 2 is 2.23 bits per heavy atom. The molecule has 4 heteroatoms. The van der Waals surface area contributed by atoms with Crippen LogP contribution < -0.4 is 5.32 Å². The third-order valence-electron chi connectivity index (χ3n) is 1.77. The summed E-state index contributed by atoms with van der Waals surface area (Å²) in [6, 6.07) is 0. The molecule has 0 saturated heterocycles. The van der Waals surface area contributed by atoms with Crippen LogP contribution in [-0.4, -0.2) is 16.7 Å². The van der Waals surface area contributed by atoms with Crippen LogP contribution in [0, 0.1) is 12.8 Å². The Morgan fingerprint density at radius 1 is 1.46 bits per heavy atom. The zero-order valence-electron chi connectivity index (χ0n) is 8.50. The Morgan fingerprint density at radius 3 is 2.77 bits per heavy atom. The summed E-state index contributed by atoms with van der Waals surface area (Å²) in [6.07, 6.45) is 2.37. The monoisotopic (exact) mass is 183 g/mol. The van der Waals surface area contributed by atoms with Crippen molar-refractivity contribution in [2.45, 2.75) is 33.6 Å². The van der Waals surface area contributed by atoms with Crippen molar-refractivity contribution in [3.05, 3.63) is 5.89 Å². The van der Waals surface area contributed by atoms with Crippen LogP contribution in [-0.2, 0) is 0 Å². The van der Waals surface area contributed by atoms with E-state index in [2.05, 4.69) is 29.3 Å². The molecule has 0 aliphatic carbocycles. The Bertz CT molecular complexity index is 245. The van der Waals surface area contributed by atoms with E-state index in [0.29, 0.717) is 11.8 Å². The van der Waals surface area contributed by atoms with E-state index in [1.54, 1.807) is 6.92 Å². The average molecular weight is 183 g/mol. The molecule has 0 bridgehead atoms. The predicted octanol–water partition coefficient (Wildman–Crippen LogP) is 2.23. The lowest BCUT2D eigenvalue weighted by Crippen LogP contribution is -2.04. The maximum Gasteiger partial charge on any atom is 0.263 e. The molecule has 0 radical (unpaired) electrons. The molecule has 0 amide bonds. The van der Waals surface area contributed by atoms with Gasteiger partial charge in [0.1, 0.15) is 0 Å². The molecule has 0 unspecified atom stereocenters. The van der Waals surface area contributed by atoms with Crippen LogP contribution in [0.1, 0.15) is 32.6 Å². The average Bonchev–Trinajstić information content (AvgIpc) is 2.45. The van der Waals surface area contributed by atoms with Crippen LogP contribution in [0.2, 0.25) is 0 Å². The molecule has 1 aromatic rings. The lowest BCUT2D eigenvalue weighted by Gasteiger charge is -2.03. The highest BCUT2D eigenvalue weighted by Crippen LogP contribution is 2.04. The van der Waals surface area contributed by atoms with Crippen molar-refractivity contribution in [2.24, 2.45) is 5.92 Å². The predicted molar refractivity (Wildman–Crippen MR) is 51.6 cm³/mol. The first kappa shape index (κ1) is 10.0. The molecule has 1 aromatic heterocycles. The Labute approximate surface area is 78.7 Å². The van der Waals surface area contributed by atoms with E-state index in [-0.39, 0.29) is 0 Å². The van der Waals surface area contributed by atoms with Gasteiger partial charge in [0.2, 0.25) is 5.89 Å². The van der Waals surface area contributed by atoms with Crippen molar-refractivity contribution < 1.29 is 4.52 Å². The number of anilines is 1. The van der Waals surface area contributed by atoms with Gasteiger partial charge in [-0.3, -0.25) is 0 Å². The van der Waals surface area contributed by atoms with Gasteiger partial charge in [-0.2, -0.15) is 4.98 Å². The Balaban J connectivity index is 2.13. The second kappa shape index (κ2) is 4.84. The molecular formula is C9H17N3O. The molecule has 1 heterocycles. The zero-order chi connectivity index (χ0) is 9.68. The smallest absolute Gasteiger partial charge is 0.263 e. The van der Waals surface area contributed by atoms with Gasteiger partial charge in [0, 0.05) is 13.5 Å². The number of hydrogen-bond acceptors (Lipinski definition) is 4. The summed E-state index contributed by atoms with van der Waals surface area (Å²) in [5.74, 6) is 1.96. The maximum atomic E-state index is 4.82. The molecule has 1 N–H and O–H groups in total. The molecule has 4 nitrogen and oxygen atoms in total. The zero-order valence-corrected chi connectivity index (χ0v) is 8.50. The fourth-order valence-corrected chi connectivity index (χ4v) is 1.08. The molecule has 0 saturated carbocycles. The van der Waals surface area contributed by atoms with E-state index in [4.69, 9.17) is 4.52 Å². The van der Waals surface area contributed by atoms with Crippen LogP contribution in [0.3, 0.4) is 0 Å². The summed E-state index contributed by atoms with van der Waals surface area (Å²) in [5, 5.41) is 6.84. The quantitative estimate of drug-likeness (QED) is 0.711. The topological polar surface area (TPSA) is 51.0 Å². The van der Waals surface area contributed by atoms with Gasteiger partial charge in [0.25, 0.3) is 5.95 Å². The first-order valence-corrected chi connectivity index (χ1v) is 4.72. The number of hydrogen-bond donors (Lipinski definition) is 1. The minimum atomic E-state index is 0.598. The largest absolute Gasteiger partial charge is 0.352 e. The van der Waals surface area contributed by atoms with Crippen molar-refractivity contribution in [2.75, 3.05) is 11.9 Å². The van der Waals surface area contributed by atoms with E-state index in [0.717, 1.165) is 18.9 Å². The highest BCUT2D eigenvalue weighted by atomic mass is 16.5. The Hall–Kier alpha value is -1.06. The molecule has 74 valence electrons. The summed E-state index contributed by atoms with van der Waals surface area (Å²) in [4.78, 5) is 4.04. The summed E-state index contributed by atoms with van der Waals surface area (Å²) in [7, 11) is 0. The maximum absolute atomic E-state index is 4.82. The minimum absolute atomic E-state index is 0.598. The van der Waals surface area contributed by atoms with Crippen molar-refractivity contribution in [1.82, 2.24) is 10.1 Å². The molecular weight excluding hydrogens is 166 g/mol. The third kappa shape index (κ3) is 3.92. The second-order valence-electron chi connectivity index (χ2n) is 3.60. The molecule has 0 aliphatic rings. The van der Waals surface area contributed by atoms with Gasteiger partial charge < -0.3 is 9.84 Å². The number of aromatic nitrogens is 2. The van der Waals surface area contributed by atoms with Gasteiger partial charge in [-0.25, -0.2) is 0 Å². The first-order chi connectivity index (χ1) is 6.18. The van der Waals surface area contributed by atoms with Crippen LogP contribution in [0.15, 0.2) is 4.52 Å². The minimum Gasteiger partial charge on any atom is -0.352 e. The Kier molecular flexibility index (Phi) is 3.73. The fourth-order valence-electron chi connectivity index (χ4n) is 1.08. The van der Waals surface area contributed by atoms with Crippen molar-refractivity contribution in [1.29, 1.82) is 0 Å². The highest BCUT2D eigenvalue weighted by Gasteiger charge is 2.00. The van der Waals surface area contributed by atoms with E-state index in [9.17, 15) is 0 Å². The van der Waals surface area contributed by atoms with Gasteiger partial charge in [0.15, 0.2) is 0 Å². The van der Waals surface area contributed by atoms with Crippen LogP contribution >= 0.6 is 0 Å². The van der Waals surface area contributed by atoms with E-state index in [1.807, 2.05) is 0 Å². The van der Waals surface area contributed by atoms with Crippen molar-refractivity contribution >= 4 is 5.95 Å². The summed E-state index contributed by atoms with van der Waals surface area (Å²) >= 11 is 0. The number of aryl methyl sites for hydroxylation is 1. The highest BCUT2D eigenvalue weighted by molar-refractivity contribution is 5.20. The molecule has 0 aliphatic heterocycles. The molecule has 13 heavy (non-hydrogen) atoms. The summed E-state index contributed by atoms with van der Waals surface area (Å²) < 4.78 is 4.82. The van der Waals surface area contributed by atoms with Crippen molar-refractivity contribution in [3.63, 3.8) is 0 Å². The fraction of sp³-hybridized carbons (Fsp3) is 0.778. The van der Waals surface area contributed by atoms with Crippen LogP contribution in [0.4, 0.5) is 5.95 Å². The summed E-state index contributed by atoms with van der Waals surface area (Å²) in [6.45, 7) is 7.14. The van der Waals surface area contributed by atoms with Gasteiger partial charge in [-0.05, 0) is 23.9 Å². The number of nitrogens with one attached hydrogen (secondary N) is 1. The number of nitrogens with zero attached hydrogens (tertiary/aromatic N) is 2. The van der Waals surface area contributed by atoms with Crippen LogP contribution in [0.5, 0.6) is 0 Å². The van der Waals surface area contributed by atoms with Gasteiger partial charge in [-0.1, -0.05) is 13.8 Å². The SMILES string of the molecule is Cc1nc(NCCCC(C)C)no1. The molecule has 0 spiro atoms. The van der Waals surface area contributed by atoms with Gasteiger partial charge in [-0.15, -0.1) is 0 Å². The van der Waals surface area contributed by atoms with Crippen molar-refractivity contribution in [3.8, 4) is 0 Å². The second-order valence-corrected chi connectivity index (χ2v) is 3.60. The standard InChI is InChI=1S/C9H17N3O/c1-7(2)5-4-6-10-9-11-8(3)13-12-9/h7H,4-6H2,1-3H3,(H,10,12). The lowest BCUT2D eigenvalue weighted by atomic mass is 10.1. The molecule has 0 aromatic carbocycles. The van der Waals surface area contributed by atoms with Gasteiger partial charge >= 0.3 is 0 Å². The normalized spacial score (nSPS) is 10.8. The van der Waals surface area contributed by atoms with E-state index < -0.39 is 0 Å². The van der Waals surface area contributed by atoms with Crippen LogP contribution in [0.25, 0.3) is 0 Å². The van der Waals surface area contributed by atoms with Gasteiger partial charge in [0.05, 0.1) is 0 Å². The molecule has 0 fully saturated rings. The summed E-state index contributed by atoms with van der Waals surface area (Å²) in [5.41, 5.74) is 0. The number of rotatable bonds is 5. The molecule has 1 rings (SSSR count). The van der Waals surface area contributed by atoms with E-state index in [1.165, 1.54) is 6.42 Å². The molecule has 0 atom stereocenters. The van der Waals surface area contributed by atoms with E-state index >= 15 is 0 Å². The third-order valence-corrected chi connectivity index (χ3v) is 1.77. The first-order valence-electron chi connectivity index (χ1n) is 4.72. The lowest BCUT2D eigenvalue weighted by molar-refractivity contribution is 0.394.